The molecule has 7 heteroatoms. The number of nitrogens with zero attached hydrogens (tertiary/aromatic N) is 3. The summed E-state index contributed by atoms with van der Waals surface area (Å²) in [5.41, 5.74) is 1.82. The molecule has 1 fully saturated rings. The zero-order valence-corrected chi connectivity index (χ0v) is 15.1. The maximum absolute atomic E-state index is 12.6. The Morgan fingerprint density at radius 2 is 1.96 bits per heavy atom. The van der Waals surface area contributed by atoms with Crippen molar-refractivity contribution in [3.63, 3.8) is 0 Å². The monoisotopic (exact) mass is 356 g/mol. The Balaban J connectivity index is 1.54. The van der Waals surface area contributed by atoms with Crippen LogP contribution in [0.4, 0.5) is 10.5 Å². The molecule has 26 heavy (non-hydrogen) atoms. The van der Waals surface area contributed by atoms with E-state index in [0.717, 1.165) is 19.6 Å². The van der Waals surface area contributed by atoms with Gasteiger partial charge in [0, 0.05) is 51.2 Å². The summed E-state index contributed by atoms with van der Waals surface area (Å²) in [6.45, 7) is 3.90. The second-order valence-electron chi connectivity index (χ2n) is 6.12. The third-order valence-corrected chi connectivity index (χ3v) is 4.44. The van der Waals surface area contributed by atoms with Crippen LogP contribution in [0, 0.1) is 0 Å². The molecule has 0 unspecified atom stereocenters. The molecule has 0 atom stereocenters. The predicted molar refractivity (Wildman–Crippen MR) is 99.7 cm³/mol. The molecule has 1 aromatic carbocycles. The molecular formula is C19H24N4O3. The Hall–Kier alpha value is -2.80. The second-order valence-corrected chi connectivity index (χ2v) is 6.12. The van der Waals surface area contributed by atoms with E-state index in [-0.39, 0.29) is 6.03 Å². The zero-order chi connectivity index (χ0) is 18.4. The molecule has 2 aromatic rings. The van der Waals surface area contributed by atoms with E-state index in [0.29, 0.717) is 30.3 Å². The molecule has 1 aromatic heterocycles. The lowest BCUT2D eigenvalue weighted by Gasteiger charge is -2.34. The van der Waals surface area contributed by atoms with Gasteiger partial charge in [0.2, 0.25) is 0 Å². The Morgan fingerprint density at radius 3 is 2.62 bits per heavy atom. The maximum atomic E-state index is 12.6. The molecule has 1 aliphatic rings. The van der Waals surface area contributed by atoms with Crippen LogP contribution in [0.2, 0.25) is 0 Å². The van der Waals surface area contributed by atoms with Crippen molar-refractivity contribution in [2.24, 2.45) is 0 Å². The van der Waals surface area contributed by atoms with Gasteiger partial charge in [0.05, 0.1) is 19.9 Å². The van der Waals surface area contributed by atoms with Crippen LogP contribution in [0.15, 0.2) is 42.7 Å². The molecule has 2 amide bonds. The van der Waals surface area contributed by atoms with Gasteiger partial charge in [-0.25, -0.2) is 4.79 Å². The zero-order valence-electron chi connectivity index (χ0n) is 15.1. The Morgan fingerprint density at radius 1 is 1.15 bits per heavy atom. The van der Waals surface area contributed by atoms with Crippen molar-refractivity contribution in [3.8, 4) is 11.5 Å². The first-order valence-corrected chi connectivity index (χ1v) is 8.59. The normalized spacial score (nSPS) is 14.8. The molecule has 0 bridgehead atoms. The average Bonchev–Trinajstić information content (AvgIpc) is 2.69. The van der Waals surface area contributed by atoms with Gasteiger partial charge in [0.15, 0.2) is 0 Å². The summed E-state index contributed by atoms with van der Waals surface area (Å²) < 4.78 is 10.5. The molecule has 2 heterocycles. The molecule has 0 radical (unpaired) electrons. The van der Waals surface area contributed by atoms with E-state index in [1.54, 1.807) is 38.6 Å². The highest BCUT2D eigenvalue weighted by molar-refractivity contribution is 5.91. The van der Waals surface area contributed by atoms with Crippen molar-refractivity contribution < 1.29 is 14.3 Å². The van der Waals surface area contributed by atoms with Crippen molar-refractivity contribution in [2.75, 3.05) is 45.7 Å². The summed E-state index contributed by atoms with van der Waals surface area (Å²) in [5.74, 6) is 1.26. The van der Waals surface area contributed by atoms with E-state index in [1.807, 2.05) is 17.2 Å². The Bertz CT molecular complexity index is 731. The largest absolute Gasteiger partial charge is 0.497 e. The average molecular weight is 356 g/mol. The summed E-state index contributed by atoms with van der Waals surface area (Å²) >= 11 is 0. The fourth-order valence-corrected chi connectivity index (χ4v) is 2.95. The number of piperazine rings is 1. The number of pyridine rings is 1. The van der Waals surface area contributed by atoms with Crippen LogP contribution >= 0.6 is 0 Å². The number of rotatable bonds is 5. The van der Waals surface area contributed by atoms with Crippen molar-refractivity contribution >= 4 is 11.7 Å². The number of ether oxygens (including phenoxy) is 2. The number of methoxy groups -OCH3 is 2. The molecule has 1 N–H and O–H groups in total. The van der Waals surface area contributed by atoms with Gasteiger partial charge < -0.3 is 19.7 Å². The van der Waals surface area contributed by atoms with Gasteiger partial charge in [0.25, 0.3) is 0 Å². The Labute approximate surface area is 153 Å². The van der Waals surface area contributed by atoms with Gasteiger partial charge in [-0.1, -0.05) is 6.07 Å². The van der Waals surface area contributed by atoms with E-state index >= 15 is 0 Å². The standard InChI is InChI=1S/C19H24N4O3/c1-25-16-5-6-17(18(12-16)26-2)21-19(24)23-10-8-22(9-11-23)14-15-4-3-7-20-13-15/h3-7,12-13H,8-11,14H2,1-2H3,(H,21,24). The van der Waals surface area contributed by atoms with Gasteiger partial charge in [-0.2, -0.15) is 0 Å². The van der Waals surface area contributed by atoms with Crippen molar-refractivity contribution in [1.29, 1.82) is 0 Å². The Kier molecular flexibility index (Phi) is 5.91. The first kappa shape index (κ1) is 18.0. The minimum atomic E-state index is -0.116. The molecular weight excluding hydrogens is 332 g/mol. The van der Waals surface area contributed by atoms with E-state index < -0.39 is 0 Å². The van der Waals surface area contributed by atoms with E-state index in [1.165, 1.54) is 5.56 Å². The van der Waals surface area contributed by atoms with Crippen LogP contribution in [-0.4, -0.2) is 61.2 Å². The second kappa shape index (κ2) is 8.53. The number of hydrogen-bond acceptors (Lipinski definition) is 5. The number of nitrogens with one attached hydrogen (secondary N) is 1. The number of carbonyl (C=O) groups excluding carboxylic acids is 1. The topological polar surface area (TPSA) is 66.9 Å². The van der Waals surface area contributed by atoms with Gasteiger partial charge in [-0.3, -0.25) is 9.88 Å². The lowest BCUT2D eigenvalue weighted by Crippen LogP contribution is -2.49. The third-order valence-electron chi connectivity index (χ3n) is 4.44. The number of benzene rings is 1. The smallest absolute Gasteiger partial charge is 0.322 e. The lowest BCUT2D eigenvalue weighted by atomic mass is 10.2. The SMILES string of the molecule is COc1ccc(NC(=O)N2CCN(Cc3cccnc3)CC2)c(OC)c1. The van der Waals surface area contributed by atoms with Crippen LogP contribution < -0.4 is 14.8 Å². The highest BCUT2D eigenvalue weighted by atomic mass is 16.5. The van der Waals surface area contributed by atoms with Gasteiger partial charge >= 0.3 is 6.03 Å². The summed E-state index contributed by atoms with van der Waals surface area (Å²) in [4.78, 5) is 20.9. The number of carbonyl (C=O) groups is 1. The van der Waals surface area contributed by atoms with Crippen LogP contribution in [0.5, 0.6) is 11.5 Å². The van der Waals surface area contributed by atoms with Gasteiger partial charge in [-0.15, -0.1) is 0 Å². The number of urea groups is 1. The molecule has 138 valence electrons. The number of hydrogen-bond donors (Lipinski definition) is 1. The molecule has 0 saturated carbocycles. The lowest BCUT2D eigenvalue weighted by molar-refractivity contribution is 0.143. The predicted octanol–water partition coefficient (Wildman–Crippen LogP) is 2.45. The first-order chi connectivity index (χ1) is 12.7. The first-order valence-electron chi connectivity index (χ1n) is 8.59. The molecule has 1 saturated heterocycles. The van der Waals surface area contributed by atoms with Crippen molar-refractivity contribution in [1.82, 2.24) is 14.8 Å². The molecule has 3 rings (SSSR count). The minimum absolute atomic E-state index is 0.116. The fraction of sp³-hybridized carbons (Fsp3) is 0.368. The van der Waals surface area contributed by atoms with E-state index in [9.17, 15) is 4.79 Å². The summed E-state index contributed by atoms with van der Waals surface area (Å²) in [6.07, 6.45) is 3.66. The number of anilines is 1. The molecule has 0 spiro atoms. The summed E-state index contributed by atoms with van der Waals surface area (Å²) in [6, 6.07) is 9.23. The highest BCUT2D eigenvalue weighted by Crippen LogP contribution is 2.29. The fourth-order valence-electron chi connectivity index (χ4n) is 2.95. The number of aromatic nitrogens is 1. The number of amides is 2. The maximum Gasteiger partial charge on any atom is 0.322 e. The summed E-state index contributed by atoms with van der Waals surface area (Å²) in [5, 5.41) is 2.92. The van der Waals surface area contributed by atoms with Crippen LogP contribution in [0.1, 0.15) is 5.56 Å². The van der Waals surface area contributed by atoms with Crippen LogP contribution in [-0.2, 0) is 6.54 Å². The summed E-state index contributed by atoms with van der Waals surface area (Å²) in [7, 11) is 3.17. The molecule has 7 nitrogen and oxygen atoms in total. The minimum Gasteiger partial charge on any atom is -0.497 e. The van der Waals surface area contributed by atoms with Gasteiger partial charge in [0.1, 0.15) is 11.5 Å². The van der Waals surface area contributed by atoms with E-state index in [4.69, 9.17) is 9.47 Å². The molecule has 1 aliphatic heterocycles. The van der Waals surface area contributed by atoms with Crippen molar-refractivity contribution in [3.05, 3.63) is 48.3 Å². The van der Waals surface area contributed by atoms with Crippen LogP contribution in [0.3, 0.4) is 0 Å². The molecule has 0 aliphatic carbocycles. The van der Waals surface area contributed by atoms with Crippen molar-refractivity contribution in [2.45, 2.75) is 6.54 Å². The van der Waals surface area contributed by atoms with Crippen LogP contribution in [0.25, 0.3) is 0 Å². The highest BCUT2D eigenvalue weighted by Gasteiger charge is 2.22. The third kappa shape index (κ3) is 4.43. The van der Waals surface area contributed by atoms with E-state index in [2.05, 4.69) is 21.3 Å². The quantitative estimate of drug-likeness (QED) is 0.891. The van der Waals surface area contributed by atoms with Gasteiger partial charge in [-0.05, 0) is 23.8 Å².